The highest BCUT2D eigenvalue weighted by atomic mass is 35.5. The van der Waals surface area contributed by atoms with Crippen LogP contribution in [0, 0.1) is 0 Å². The molecule has 1 atom stereocenters. The minimum absolute atomic E-state index is 0. The number of halogens is 1. The van der Waals surface area contributed by atoms with E-state index in [9.17, 15) is 9.59 Å². The first kappa shape index (κ1) is 15.2. The van der Waals surface area contributed by atoms with Crippen LogP contribution in [0.1, 0.15) is 26.7 Å². The van der Waals surface area contributed by atoms with Crippen LogP contribution in [0.25, 0.3) is 0 Å². The van der Waals surface area contributed by atoms with Crippen molar-refractivity contribution in [2.24, 2.45) is 5.73 Å². The maximum absolute atomic E-state index is 12.0. The number of hydrogen-bond donors (Lipinski definition) is 2. The van der Waals surface area contributed by atoms with E-state index in [4.69, 9.17) is 5.73 Å². The van der Waals surface area contributed by atoms with E-state index in [2.05, 4.69) is 5.32 Å². The van der Waals surface area contributed by atoms with Gasteiger partial charge in [0.25, 0.3) is 0 Å². The summed E-state index contributed by atoms with van der Waals surface area (Å²) in [6.45, 7) is 4.65. The van der Waals surface area contributed by atoms with Gasteiger partial charge in [-0.1, -0.05) is 0 Å². The molecule has 0 aliphatic carbocycles. The molecule has 0 aromatic carbocycles. The minimum atomic E-state index is -0.463. The lowest BCUT2D eigenvalue weighted by Gasteiger charge is -2.28. The van der Waals surface area contributed by atoms with Crippen molar-refractivity contribution in [1.29, 1.82) is 0 Å². The average Bonchev–Trinajstić information content (AvgIpc) is 2.65. The molecule has 1 heterocycles. The molecule has 0 aromatic rings. The Labute approximate surface area is 102 Å². The lowest BCUT2D eigenvalue weighted by Crippen LogP contribution is -2.49. The molecule has 1 aliphatic heterocycles. The first-order valence-electron chi connectivity index (χ1n) is 5.34. The molecule has 0 aromatic heterocycles. The molecule has 2 amide bonds. The van der Waals surface area contributed by atoms with Crippen LogP contribution in [0.15, 0.2) is 0 Å². The number of nitrogens with zero attached hydrogens (tertiary/aromatic N) is 1. The number of carbonyl (C=O) groups excluding carboxylic acids is 2. The summed E-state index contributed by atoms with van der Waals surface area (Å²) in [6.07, 6.45) is 1.86. The zero-order chi connectivity index (χ0) is 11.4. The summed E-state index contributed by atoms with van der Waals surface area (Å²) in [7, 11) is 0. The standard InChI is InChI=1S/C10H19N3O2.ClH/c1-7(2)13(6-9(11)14)10(15)8-4-3-5-12-8;/h7-8,12H,3-6H2,1-2H3,(H2,11,14);1H/t8-;/m0./s1. The van der Waals surface area contributed by atoms with Gasteiger partial charge in [0, 0.05) is 6.04 Å². The fourth-order valence-electron chi connectivity index (χ4n) is 1.78. The van der Waals surface area contributed by atoms with E-state index < -0.39 is 5.91 Å². The van der Waals surface area contributed by atoms with Gasteiger partial charge in [0.2, 0.25) is 11.8 Å². The maximum Gasteiger partial charge on any atom is 0.240 e. The largest absolute Gasteiger partial charge is 0.368 e. The Morgan fingerprint density at radius 2 is 2.12 bits per heavy atom. The van der Waals surface area contributed by atoms with Crippen molar-refractivity contribution in [2.45, 2.75) is 38.8 Å². The molecule has 16 heavy (non-hydrogen) atoms. The Morgan fingerprint density at radius 3 is 2.50 bits per heavy atom. The van der Waals surface area contributed by atoms with Crippen LogP contribution >= 0.6 is 12.4 Å². The number of nitrogens with one attached hydrogen (secondary N) is 1. The van der Waals surface area contributed by atoms with Crippen LogP contribution in [-0.4, -0.2) is 41.9 Å². The summed E-state index contributed by atoms with van der Waals surface area (Å²) in [6, 6.07) is -0.126. The zero-order valence-corrected chi connectivity index (χ0v) is 10.5. The minimum Gasteiger partial charge on any atom is -0.368 e. The zero-order valence-electron chi connectivity index (χ0n) is 9.73. The quantitative estimate of drug-likeness (QED) is 0.730. The molecule has 5 nitrogen and oxygen atoms in total. The maximum atomic E-state index is 12.0. The molecular weight excluding hydrogens is 230 g/mol. The van der Waals surface area contributed by atoms with Crippen LogP contribution < -0.4 is 11.1 Å². The number of amides is 2. The summed E-state index contributed by atoms with van der Waals surface area (Å²) < 4.78 is 0. The Kier molecular flexibility index (Phi) is 6.36. The molecule has 94 valence electrons. The molecule has 1 aliphatic rings. The van der Waals surface area contributed by atoms with Crippen molar-refractivity contribution in [3.8, 4) is 0 Å². The lowest BCUT2D eigenvalue weighted by atomic mass is 10.1. The number of rotatable bonds is 4. The van der Waals surface area contributed by atoms with Crippen molar-refractivity contribution in [2.75, 3.05) is 13.1 Å². The topological polar surface area (TPSA) is 75.4 Å². The molecule has 0 radical (unpaired) electrons. The van der Waals surface area contributed by atoms with Crippen molar-refractivity contribution in [3.63, 3.8) is 0 Å². The van der Waals surface area contributed by atoms with Gasteiger partial charge in [-0.25, -0.2) is 0 Å². The summed E-state index contributed by atoms with van der Waals surface area (Å²) in [4.78, 5) is 24.4. The summed E-state index contributed by atoms with van der Waals surface area (Å²) in [5.74, 6) is -0.476. The van der Waals surface area contributed by atoms with Gasteiger partial charge >= 0.3 is 0 Å². The van der Waals surface area contributed by atoms with E-state index in [0.717, 1.165) is 19.4 Å². The molecule has 0 bridgehead atoms. The molecular formula is C10H20ClN3O2. The van der Waals surface area contributed by atoms with Gasteiger partial charge < -0.3 is 16.0 Å². The Balaban J connectivity index is 0.00000225. The van der Waals surface area contributed by atoms with Gasteiger partial charge in [-0.2, -0.15) is 0 Å². The molecule has 0 spiro atoms. The molecule has 1 rings (SSSR count). The summed E-state index contributed by atoms with van der Waals surface area (Å²) in [5.41, 5.74) is 5.11. The van der Waals surface area contributed by atoms with Gasteiger partial charge in [-0.05, 0) is 33.2 Å². The highest BCUT2D eigenvalue weighted by Gasteiger charge is 2.28. The van der Waals surface area contributed by atoms with Crippen molar-refractivity contribution in [1.82, 2.24) is 10.2 Å². The molecule has 1 fully saturated rings. The predicted molar refractivity (Wildman–Crippen MR) is 64.3 cm³/mol. The highest BCUT2D eigenvalue weighted by molar-refractivity contribution is 5.87. The molecule has 3 N–H and O–H groups in total. The predicted octanol–water partition coefficient (Wildman–Crippen LogP) is -0.117. The van der Waals surface area contributed by atoms with Crippen LogP contribution in [0.5, 0.6) is 0 Å². The third kappa shape index (κ3) is 3.98. The number of primary amides is 1. The van der Waals surface area contributed by atoms with Gasteiger partial charge in [0.15, 0.2) is 0 Å². The van der Waals surface area contributed by atoms with E-state index in [1.807, 2.05) is 13.8 Å². The first-order chi connectivity index (χ1) is 7.02. The Morgan fingerprint density at radius 1 is 1.50 bits per heavy atom. The van der Waals surface area contributed by atoms with E-state index in [1.54, 1.807) is 0 Å². The SMILES string of the molecule is CC(C)N(CC(N)=O)C(=O)[C@@H]1CCCN1.Cl. The smallest absolute Gasteiger partial charge is 0.240 e. The third-order valence-electron chi connectivity index (χ3n) is 2.59. The lowest BCUT2D eigenvalue weighted by molar-refractivity contribution is -0.138. The van der Waals surface area contributed by atoms with Crippen LogP contribution in [0.3, 0.4) is 0 Å². The van der Waals surface area contributed by atoms with Crippen LogP contribution in [0.2, 0.25) is 0 Å². The fraction of sp³-hybridized carbons (Fsp3) is 0.800. The van der Waals surface area contributed by atoms with Crippen molar-refractivity contribution >= 4 is 24.2 Å². The summed E-state index contributed by atoms with van der Waals surface area (Å²) >= 11 is 0. The third-order valence-corrected chi connectivity index (χ3v) is 2.59. The van der Waals surface area contributed by atoms with Crippen LogP contribution in [0.4, 0.5) is 0 Å². The summed E-state index contributed by atoms with van der Waals surface area (Å²) in [5, 5.41) is 3.12. The monoisotopic (exact) mass is 249 g/mol. The highest BCUT2D eigenvalue weighted by Crippen LogP contribution is 2.10. The Hall–Kier alpha value is -0.810. The second-order valence-electron chi connectivity index (χ2n) is 4.18. The van der Waals surface area contributed by atoms with Crippen molar-refractivity contribution < 1.29 is 9.59 Å². The van der Waals surface area contributed by atoms with E-state index in [0.29, 0.717) is 0 Å². The van der Waals surface area contributed by atoms with E-state index in [-0.39, 0.29) is 36.9 Å². The molecule has 1 saturated heterocycles. The number of nitrogens with two attached hydrogens (primary N) is 1. The molecule has 0 unspecified atom stereocenters. The first-order valence-corrected chi connectivity index (χ1v) is 5.34. The van der Waals surface area contributed by atoms with Gasteiger partial charge in [0.1, 0.15) is 0 Å². The van der Waals surface area contributed by atoms with Gasteiger partial charge in [0.05, 0.1) is 12.6 Å². The van der Waals surface area contributed by atoms with E-state index >= 15 is 0 Å². The number of carbonyl (C=O) groups is 2. The second kappa shape index (κ2) is 6.70. The van der Waals surface area contributed by atoms with E-state index in [1.165, 1.54) is 4.90 Å². The second-order valence-corrected chi connectivity index (χ2v) is 4.18. The molecule has 0 saturated carbocycles. The van der Waals surface area contributed by atoms with Crippen molar-refractivity contribution in [3.05, 3.63) is 0 Å². The molecule has 6 heteroatoms. The normalized spacial score (nSPS) is 19.3. The number of hydrogen-bond acceptors (Lipinski definition) is 3. The fourth-order valence-corrected chi connectivity index (χ4v) is 1.78. The average molecular weight is 250 g/mol. The Bertz CT molecular complexity index is 252. The van der Waals surface area contributed by atoms with Gasteiger partial charge in [-0.3, -0.25) is 9.59 Å². The van der Waals surface area contributed by atoms with Crippen LogP contribution in [-0.2, 0) is 9.59 Å². The van der Waals surface area contributed by atoms with Gasteiger partial charge in [-0.15, -0.1) is 12.4 Å².